The predicted octanol–water partition coefficient (Wildman–Crippen LogP) is 1.29. The van der Waals surface area contributed by atoms with Gasteiger partial charge in [-0.25, -0.2) is 9.59 Å². The van der Waals surface area contributed by atoms with Crippen molar-refractivity contribution in [1.82, 2.24) is 10.2 Å². The van der Waals surface area contributed by atoms with Crippen molar-refractivity contribution in [3.05, 3.63) is 0 Å². The highest BCUT2D eigenvalue weighted by Crippen LogP contribution is 2.16. The molecule has 1 rings (SSSR count). The third kappa shape index (κ3) is 3.12. The Morgan fingerprint density at radius 1 is 1.31 bits per heavy atom. The fourth-order valence-electron chi connectivity index (χ4n) is 1.61. The number of hydrogen-bond acceptors (Lipinski definition) is 2. The molecule has 2 amide bonds. The molecule has 2 N–H and O–H groups in total. The standard InChI is InChI=1S/C11H20N2O3/c1-8-4-6-13(7-5-8)10(16)12-11(2,3)9(14)15/h8H,4-7H2,1-3H3,(H,12,16)(H,14,15). The molecule has 5 nitrogen and oxygen atoms in total. The van der Waals surface area contributed by atoms with Crippen LogP contribution in [-0.4, -0.2) is 40.6 Å². The van der Waals surface area contributed by atoms with Crippen molar-refractivity contribution in [2.75, 3.05) is 13.1 Å². The third-order valence-electron chi connectivity index (χ3n) is 3.02. The van der Waals surface area contributed by atoms with Crippen LogP contribution in [0, 0.1) is 5.92 Å². The summed E-state index contributed by atoms with van der Waals surface area (Å²) in [5.74, 6) is -0.372. The molecule has 0 aromatic rings. The van der Waals surface area contributed by atoms with Gasteiger partial charge in [0.1, 0.15) is 5.54 Å². The van der Waals surface area contributed by atoms with Crippen molar-refractivity contribution in [2.24, 2.45) is 5.92 Å². The second-order valence-corrected chi connectivity index (χ2v) is 5.03. The topological polar surface area (TPSA) is 69.6 Å². The van der Waals surface area contributed by atoms with Gasteiger partial charge in [-0.05, 0) is 32.6 Å². The third-order valence-corrected chi connectivity index (χ3v) is 3.02. The van der Waals surface area contributed by atoms with Gasteiger partial charge in [0, 0.05) is 13.1 Å². The maximum atomic E-state index is 11.8. The molecule has 0 aromatic heterocycles. The molecule has 1 saturated heterocycles. The Kier molecular flexibility index (Phi) is 3.78. The van der Waals surface area contributed by atoms with Crippen LogP contribution in [0.15, 0.2) is 0 Å². The molecule has 1 heterocycles. The van der Waals surface area contributed by atoms with Gasteiger partial charge in [-0.3, -0.25) is 0 Å². The first kappa shape index (κ1) is 12.8. The minimum atomic E-state index is -1.21. The Balaban J connectivity index is 2.50. The molecular formula is C11H20N2O3. The maximum absolute atomic E-state index is 11.8. The number of aliphatic carboxylic acids is 1. The van der Waals surface area contributed by atoms with Crippen LogP contribution in [0.25, 0.3) is 0 Å². The molecule has 16 heavy (non-hydrogen) atoms. The van der Waals surface area contributed by atoms with Crippen LogP contribution < -0.4 is 5.32 Å². The number of urea groups is 1. The molecular weight excluding hydrogens is 208 g/mol. The van der Waals surface area contributed by atoms with Crippen LogP contribution in [0.1, 0.15) is 33.6 Å². The zero-order chi connectivity index (χ0) is 12.3. The van der Waals surface area contributed by atoms with Gasteiger partial charge in [-0.1, -0.05) is 6.92 Å². The van der Waals surface area contributed by atoms with Crippen LogP contribution in [0.3, 0.4) is 0 Å². The van der Waals surface area contributed by atoms with Crippen molar-refractivity contribution in [3.63, 3.8) is 0 Å². The number of carboxylic acids is 1. The molecule has 0 aromatic carbocycles. The average Bonchev–Trinajstić information content (AvgIpc) is 2.17. The molecule has 0 unspecified atom stereocenters. The lowest BCUT2D eigenvalue weighted by Crippen LogP contribution is -2.55. The molecule has 1 aliphatic rings. The number of nitrogens with one attached hydrogen (secondary N) is 1. The lowest BCUT2D eigenvalue weighted by molar-refractivity contribution is -0.143. The number of rotatable bonds is 2. The fourth-order valence-corrected chi connectivity index (χ4v) is 1.61. The molecule has 0 saturated carbocycles. The van der Waals surface area contributed by atoms with Crippen molar-refractivity contribution >= 4 is 12.0 Å². The second-order valence-electron chi connectivity index (χ2n) is 5.03. The second kappa shape index (κ2) is 4.72. The minimum absolute atomic E-state index is 0.278. The summed E-state index contributed by atoms with van der Waals surface area (Å²) >= 11 is 0. The first-order valence-electron chi connectivity index (χ1n) is 5.63. The Labute approximate surface area is 95.8 Å². The van der Waals surface area contributed by atoms with E-state index in [2.05, 4.69) is 12.2 Å². The zero-order valence-corrected chi connectivity index (χ0v) is 10.1. The molecule has 0 spiro atoms. The summed E-state index contributed by atoms with van der Waals surface area (Å²) in [7, 11) is 0. The van der Waals surface area contributed by atoms with E-state index in [1.807, 2.05) is 0 Å². The van der Waals surface area contributed by atoms with E-state index in [4.69, 9.17) is 5.11 Å². The normalized spacial score (nSPS) is 18.3. The zero-order valence-electron chi connectivity index (χ0n) is 10.1. The molecule has 0 aliphatic carbocycles. The van der Waals surface area contributed by atoms with Gasteiger partial charge in [0.15, 0.2) is 0 Å². The molecule has 92 valence electrons. The Morgan fingerprint density at radius 3 is 2.25 bits per heavy atom. The van der Waals surface area contributed by atoms with Crippen molar-refractivity contribution < 1.29 is 14.7 Å². The van der Waals surface area contributed by atoms with E-state index >= 15 is 0 Å². The van der Waals surface area contributed by atoms with Gasteiger partial charge < -0.3 is 15.3 Å². The van der Waals surface area contributed by atoms with E-state index in [1.165, 1.54) is 13.8 Å². The summed E-state index contributed by atoms with van der Waals surface area (Å²) < 4.78 is 0. The number of carbonyl (C=O) groups excluding carboxylic acids is 1. The Hall–Kier alpha value is -1.26. The fraction of sp³-hybridized carbons (Fsp3) is 0.818. The summed E-state index contributed by atoms with van der Waals surface area (Å²) in [5.41, 5.74) is -1.21. The van der Waals surface area contributed by atoms with Crippen LogP contribution in [0.4, 0.5) is 4.79 Å². The van der Waals surface area contributed by atoms with Crippen LogP contribution >= 0.6 is 0 Å². The van der Waals surface area contributed by atoms with Crippen LogP contribution in [0.2, 0.25) is 0 Å². The number of carboxylic acid groups (broad SMARTS) is 1. The van der Waals surface area contributed by atoms with E-state index < -0.39 is 11.5 Å². The Bertz CT molecular complexity index is 281. The molecule has 0 bridgehead atoms. The van der Waals surface area contributed by atoms with Crippen molar-refractivity contribution in [2.45, 2.75) is 39.2 Å². The smallest absolute Gasteiger partial charge is 0.328 e. The highest BCUT2D eigenvalue weighted by Gasteiger charge is 2.31. The summed E-state index contributed by atoms with van der Waals surface area (Å²) in [6, 6.07) is -0.278. The lowest BCUT2D eigenvalue weighted by atomic mass is 9.99. The monoisotopic (exact) mass is 228 g/mol. The van der Waals surface area contributed by atoms with Gasteiger partial charge in [0.25, 0.3) is 0 Å². The van der Waals surface area contributed by atoms with E-state index in [1.54, 1.807) is 4.90 Å². The van der Waals surface area contributed by atoms with Gasteiger partial charge >= 0.3 is 12.0 Å². The van der Waals surface area contributed by atoms with Crippen LogP contribution in [-0.2, 0) is 4.79 Å². The van der Waals surface area contributed by atoms with E-state index in [0.29, 0.717) is 19.0 Å². The van der Waals surface area contributed by atoms with Crippen molar-refractivity contribution in [1.29, 1.82) is 0 Å². The predicted molar refractivity (Wildman–Crippen MR) is 60.2 cm³/mol. The number of amides is 2. The maximum Gasteiger partial charge on any atom is 0.328 e. The number of carbonyl (C=O) groups is 2. The lowest BCUT2D eigenvalue weighted by Gasteiger charge is -2.32. The summed E-state index contributed by atoms with van der Waals surface area (Å²) in [4.78, 5) is 24.3. The SMILES string of the molecule is CC1CCN(C(=O)NC(C)(C)C(=O)O)CC1. The first-order chi connectivity index (χ1) is 7.33. The van der Waals surface area contributed by atoms with Gasteiger partial charge in [0.05, 0.1) is 0 Å². The largest absolute Gasteiger partial charge is 0.480 e. The van der Waals surface area contributed by atoms with Gasteiger partial charge in [-0.2, -0.15) is 0 Å². The Morgan fingerprint density at radius 2 is 1.81 bits per heavy atom. The summed E-state index contributed by atoms with van der Waals surface area (Å²) in [6.45, 7) is 6.56. The molecule has 1 fully saturated rings. The number of piperidine rings is 1. The molecule has 5 heteroatoms. The summed E-state index contributed by atoms with van der Waals surface area (Å²) in [5, 5.41) is 11.4. The quantitative estimate of drug-likeness (QED) is 0.748. The molecule has 0 atom stereocenters. The van der Waals surface area contributed by atoms with Crippen LogP contribution in [0.5, 0.6) is 0 Å². The minimum Gasteiger partial charge on any atom is -0.480 e. The van der Waals surface area contributed by atoms with E-state index in [-0.39, 0.29) is 6.03 Å². The summed E-state index contributed by atoms with van der Waals surface area (Å²) in [6.07, 6.45) is 1.97. The highest BCUT2D eigenvalue weighted by molar-refractivity contribution is 5.85. The first-order valence-corrected chi connectivity index (χ1v) is 5.63. The molecule has 1 aliphatic heterocycles. The van der Waals surface area contributed by atoms with Crippen molar-refractivity contribution in [3.8, 4) is 0 Å². The van der Waals surface area contributed by atoms with Gasteiger partial charge in [-0.15, -0.1) is 0 Å². The number of likely N-dealkylation sites (tertiary alicyclic amines) is 1. The highest BCUT2D eigenvalue weighted by atomic mass is 16.4. The van der Waals surface area contributed by atoms with E-state index in [9.17, 15) is 9.59 Å². The number of nitrogens with zero attached hydrogens (tertiary/aromatic N) is 1. The average molecular weight is 228 g/mol. The number of hydrogen-bond donors (Lipinski definition) is 2. The van der Waals surface area contributed by atoms with E-state index in [0.717, 1.165) is 12.8 Å². The van der Waals surface area contributed by atoms with Gasteiger partial charge in [0.2, 0.25) is 0 Å². The molecule has 0 radical (unpaired) electrons.